The Kier molecular flexibility index (Phi) is 5.17. The molecule has 0 spiro atoms. The SMILES string of the molecule is FC(F)(F)/C=C/C(NCc1ccccc1)c1ccccc1. The van der Waals surface area contributed by atoms with Crippen LogP contribution in [0.25, 0.3) is 0 Å². The number of hydrogen-bond acceptors (Lipinski definition) is 1. The standard InChI is InChI=1S/C17H16F3N/c18-17(19,20)12-11-16(15-9-5-2-6-10-15)21-13-14-7-3-1-4-8-14/h1-12,16,21H,13H2/b12-11+. The monoisotopic (exact) mass is 291 g/mol. The lowest BCUT2D eigenvalue weighted by Gasteiger charge is -2.16. The molecule has 0 bridgehead atoms. The van der Waals surface area contributed by atoms with E-state index in [2.05, 4.69) is 5.32 Å². The molecule has 110 valence electrons. The fourth-order valence-corrected chi connectivity index (χ4v) is 1.99. The van der Waals surface area contributed by atoms with Gasteiger partial charge in [-0.1, -0.05) is 66.7 Å². The van der Waals surface area contributed by atoms with Gasteiger partial charge in [0.05, 0.1) is 6.04 Å². The highest BCUT2D eigenvalue weighted by atomic mass is 19.4. The summed E-state index contributed by atoms with van der Waals surface area (Å²) >= 11 is 0. The first kappa shape index (κ1) is 15.3. The van der Waals surface area contributed by atoms with Crippen molar-refractivity contribution >= 4 is 0 Å². The van der Waals surface area contributed by atoms with E-state index in [-0.39, 0.29) is 6.08 Å². The molecule has 1 nitrogen and oxygen atoms in total. The number of hydrogen-bond donors (Lipinski definition) is 1. The Labute approximate surface area is 122 Å². The van der Waals surface area contributed by atoms with Crippen molar-refractivity contribution in [2.24, 2.45) is 0 Å². The molecule has 1 N–H and O–H groups in total. The Morgan fingerprint density at radius 2 is 1.48 bits per heavy atom. The van der Waals surface area contributed by atoms with Gasteiger partial charge in [0.15, 0.2) is 0 Å². The predicted octanol–water partition coefficient (Wildman–Crippen LogP) is 4.64. The number of allylic oxidation sites excluding steroid dienone is 1. The summed E-state index contributed by atoms with van der Waals surface area (Å²) < 4.78 is 37.1. The molecule has 0 saturated heterocycles. The molecule has 0 aliphatic heterocycles. The molecular weight excluding hydrogens is 275 g/mol. The van der Waals surface area contributed by atoms with Crippen LogP contribution in [0.15, 0.2) is 72.8 Å². The van der Waals surface area contributed by atoms with Gasteiger partial charge in [0.2, 0.25) is 0 Å². The molecule has 0 amide bonds. The van der Waals surface area contributed by atoms with E-state index in [1.165, 1.54) is 0 Å². The van der Waals surface area contributed by atoms with E-state index in [1.807, 2.05) is 60.7 Å². The van der Waals surface area contributed by atoms with Crippen LogP contribution in [0.4, 0.5) is 13.2 Å². The third-order valence-corrected chi connectivity index (χ3v) is 3.01. The highest BCUT2D eigenvalue weighted by Gasteiger charge is 2.23. The molecule has 0 aliphatic rings. The Morgan fingerprint density at radius 1 is 0.905 bits per heavy atom. The third kappa shape index (κ3) is 5.44. The summed E-state index contributed by atoms with van der Waals surface area (Å²) in [5.74, 6) is 0. The first-order valence-electron chi connectivity index (χ1n) is 6.63. The van der Waals surface area contributed by atoms with Gasteiger partial charge in [0.25, 0.3) is 0 Å². The van der Waals surface area contributed by atoms with Gasteiger partial charge in [-0.15, -0.1) is 0 Å². The topological polar surface area (TPSA) is 12.0 Å². The molecule has 0 fully saturated rings. The molecule has 0 radical (unpaired) electrons. The second-order valence-corrected chi connectivity index (χ2v) is 4.66. The maximum atomic E-state index is 12.4. The van der Waals surface area contributed by atoms with Crippen molar-refractivity contribution in [1.82, 2.24) is 5.32 Å². The molecule has 0 saturated carbocycles. The van der Waals surface area contributed by atoms with E-state index < -0.39 is 12.2 Å². The summed E-state index contributed by atoms with van der Waals surface area (Å²) in [6.07, 6.45) is -2.87. The lowest BCUT2D eigenvalue weighted by atomic mass is 10.1. The second kappa shape index (κ2) is 7.09. The number of benzene rings is 2. The summed E-state index contributed by atoms with van der Waals surface area (Å²) in [5.41, 5.74) is 1.83. The third-order valence-electron chi connectivity index (χ3n) is 3.01. The van der Waals surface area contributed by atoms with Crippen molar-refractivity contribution in [2.75, 3.05) is 0 Å². The van der Waals surface area contributed by atoms with Crippen molar-refractivity contribution in [3.8, 4) is 0 Å². The zero-order valence-electron chi connectivity index (χ0n) is 11.3. The maximum absolute atomic E-state index is 12.4. The minimum Gasteiger partial charge on any atom is -0.303 e. The maximum Gasteiger partial charge on any atom is 0.409 e. The minimum absolute atomic E-state index is 0.280. The predicted molar refractivity (Wildman–Crippen MR) is 77.7 cm³/mol. The van der Waals surface area contributed by atoms with Crippen molar-refractivity contribution in [3.05, 3.63) is 83.9 Å². The first-order valence-corrected chi connectivity index (χ1v) is 6.63. The van der Waals surface area contributed by atoms with Gasteiger partial charge in [-0.3, -0.25) is 0 Å². The van der Waals surface area contributed by atoms with E-state index in [1.54, 1.807) is 0 Å². The van der Waals surface area contributed by atoms with Gasteiger partial charge in [-0.25, -0.2) is 0 Å². The number of rotatable bonds is 5. The van der Waals surface area contributed by atoms with Crippen molar-refractivity contribution < 1.29 is 13.2 Å². The summed E-state index contributed by atoms with van der Waals surface area (Å²) in [7, 11) is 0. The summed E-state index contributed by atoms with van der Waals surface area (Å²) in [6.45, 7) is 0.503. The van der Waals surface area contributed by atoms with Gasteiger partial charge >= 0.3 is 6.18 Å². The second-order valence-electron chi connectivity index (χ2n) is 4.66. The molecule has 21 heavy (non-hydrogen) atoms. The van der Waals surface area contributed by atoms with Gasteiger partial charge in [0.1, 0.15) is 0 Å². The van der Waals surface area contributed by atoms with Crippen LogP contribution in [0, 0.1) is 0 Å². The Morgan fingerprint density at radius 3 is 2.05 bits per heavy atom. The van der Waals surface area contributed by atoms with E-state index >= 15 is 0 Å². The molecule has 0 heterocycles. The van der Waals surface area contributed by atoms with E-state index in [4.69, 9.17) is 0 Å². The Hall–Kier alpha value is -2.07. The Bertz CT molecular complexity index is 562. The van der Waals surface area contributed by atoms with Crippen LogP contribution in [0.3, 0.4) is 0 Å². The van der Waals surface area contributed by atoms with Crippen LogP contribution in [0.5, 0.6) is 0 Å². The van der Waals surface area contributed by atoms with Gasteiger partial charge in [-0.2, -0.15) is 13.2 Å². The van der Waals surface area contributed by atoms with Crippen LogP contribution >= 0.6 is 0 Å². The lowest BCUT2D eigenvalue weighted by Crippen LogP contribution is -2.20. The van der Waals surface area contributed by atoms with Crippen molar-refractivity contribution in [2.45, 2.75) is 18.8 Å². The lowest BCUT2D eigenvalue weighted by molar-refractivity contribution is -0.0801. The molecule has 1 atom stereocenters. The van der Waals surface area contributed by atoms with Crippen LogP contribution in [-0.4, -0.2) is 6.18 Å². The highest BCUT2D eigenvalue weighted by molar-refractivity contribution is 5.24. The quantitative estimate of drug-likeness (QED) is 0.792. The van der Waals surface area contributed by atoms with Gasteiger partial charge in [-0.05, 0) is 11.1 Å². The van der Waals surface area contributed by atoms with E-state index in [0.29, 0.717) is 6.54 Å². The van der Waals surface area contributed by atoms with Crippen LogP contribution in [0.2, 0.25) is 0 Å². The Balaban J connectivity index is 2.11. The summed E-state index contributed by atoms with van der Waals surface area (Å²) in [5, 5.41) is 3.14. The molecule has 2 aromatic rings. The molecule has 2 aromatic carbocycles. The zero-order chi connectivity index (χ0) is 15.1. The average molecular weight is 291 g/mol. The van der Waals surface area contributed by atoms with Crippen molar-refractivity contribution in [3.63, 3.8) is 0 Å². The highest BCUT2D eigenvalue weighted by Crippen LogP contribution is 2.21. The fraction of sp³-hybridized carbons (Fsp3) is 0.176. The number of halogens is 3. The van der Waals surface area contributed by atoms with Gasteiger partial charge in [0, 0.05) is 12.6 Å². The molecular formula is C17H16F3N. The number of nitrogens with one attached hydrogen (secondary N) is 1. The number of alkyl halides is 3. The molecule has 0 aliphatic carbocycles. The fourth-order valence-electron chi connectivity index (χ4n) is 1.99. The minimum atomic E-state index is -4.30. The normalized spacial score (nSPS) is 13.5. The van der Waals surface area contributed by atoms with Crippen LogP contribution in [0.1, 0.15) is 17.2 Å². The summed E-state index contributed by atoms with van der Waals surface area (Å²) in [4.78, 5) is 0. The largest absolute Gasteiger partial charge is 0.409 e. The van der Waals surface area contributed by atoms with Crippen LogP contribution < -0.4 is 5.32 Å². The smallest absolute Gasteiger partial charge is 0.303 e. The van der Waals surface area contributed by atoms with Gasteiger partial charge < -0.3 is 5.32 Å². The van der Waals surface area contributed by atoms with Crippen LogP contribution in [-0.2, 0) is 6.54 Å². The summed E-state index contributed by atoms with van der Waals surface area (Å²) in [6, 6.07) is 18.2. The molecule has 2 rings (SSSR count). The molecule has 0 aromatic heterocycles. The average Bonchev–Trinajstić information content (AvgIpc) is 2.48. The van der Waals surface area contributed by atoms with E-state index in [0.717, 1.165) is 17.2 Å². The molecule has 1 unspecified atom stereocenters. The van der Waals surface area contributed by atoms with Crippen molar-refractivity contribution in [1.29, 1.82) is 0 Å². The first-order chi connectivity index (χ1) is 10.0. The van der Waals surface area contributed by atoms with E-state index in [9.17, 15) is 13.2 Å². The molecule has 4 heteroatoms. The zero-order valence-corrected chi connectivity index (χ0v) is 11.3.